The summed E-state index contributed by atoms with van der Waals surface area (Å²) in [6, 6.07) is 20.8. The number of hydrogen-bond donors (Lipinski definition) is 0. The second-order valence-corrected chi connectivity index (χ2v) is 8.32. The maximum Gasteiger partial charge on any atom is 0.228 e. The molecular weight excluding hydrogens is 380 g/mol. The number of carbonyl (C=O) groups excluding carboxylic acids is 1. The molecule has 1 fully saturated rings. The molecule has 0 radical (unpaired) electrons. The van der Waals surface area contributed by atoms with Gasteiger partial charge in [-0.3, -0.25) is 14.6 Å². The molecule has 2 aromatic carbocycles. The molecule has 0 atom stereocenters. The number of piperidine rings is 1. The third kappa shape index (κ3) is 4.71. The van der Waals surface area contributed by atoms with Crippen LogP contribution in [0, 0.1) is 0 Å². The van der Waals surface area contributed by atoms with Gasteiger partial charge in [-0.25, -0.2) is 0 Å². The van der Waals surface area contributed by atoms with Gasteiger partial charge in [-0.15, -0.1) is 10.2 Å². The Labute approximate surface area is 176 Å². The summed E-state index contributed by atoms with van der Waals surface area (Å²) in [5.74, 6) is 0.127. The summed E-state index contributed by atoms with van der Waals surface area (Å²) in [7, 11) is 0. The van der Waals surface area contributed by atoms with Crippen molar-refractivity contribution in [2.24, 2.45) is 0 Å². The summed E-state index contributed by atoms with van der Waals surface area (Å²) < 4.78 is 0. The van der Waals surface area contributed by atoms with Crippen LogP contribution in [0.2, 0.25) is 0 Å². The number of anilines is 1. The van der Waals surface area contributed by atoms with Gasteiger partial charge in [-0.1, -0.05) is 78.9 Å². The first-order valence-electron chi connectivity index (χ1n) is 10.2. The monoisotopic (exact) mass is 406 g/mol. The van der Waals surface area contributed by atoms with Crippen molar-refractivity contribution in [3.8, 4) is 10.6 Å². The van der Waals surface area contributed by atoms with Gasteiger partial charge in [0.1, 0.15) is 5.01 Å². The van der Waals surface area contributed by atoms with Crippen molar-refractivity contribution in [1.82, 2.24) is 15.1 Å². The van der Waals surface area contributed by atoms with Gasteiger partial charge in [0.2, 0.25) is 11.0 Å². The molecule has 1 aliphatic rings. The fourth-order valence-corrected chi connectivity index (χ4v) is 4.76. The SMILES string of the molecule is CCC(=O)N(c1nnc(-c2ccccc2)s1)C1CCN(Cc2ccccc2)CC1. The Bertz CT molecular complexity index is 920. The number of nitrogens with zero attached hydrogens (tertiary/aromatic N) is 4. The van der Waals surface area contributed by atoms with Crippen molar-refractivity contribution in [2.75, 3.05) is 18.0 Å². The highest BCUT2D eigenvalue weighted by atomic mass is 32.1. The zero-order chi connectivity index (χ0) is 20.1. The van der Waals surface area contributed by atoms with Crippen molar-refractivity contribution >= 4 is 22.4 Å². The smallest absolute Gasteiger partial charge is 0.228 e. The van der Waals surface area contributed by atoms with Crippen LogP contribution in [0.3, 0.4) is 0 Å². The average Bonchev–Trinajstić information content (AvgIpc) is 3.26. The predicted molar refractivity (Wildman–Crippen MR) is 118 cm³/mol. The van der Waals surface area contributed by atoms with Gasteiger partial charge in [0.25, 0.3) is 0 Å². The topological polar surface area (TPSA) is 49.3 Å². The van der Waals surface area contributed by atoms with E-state index in [2.05, 4.69) is 45.4 Å². The molecule has 0 aliphatic carbocycles. The molecule has 3 aromatic rings. The fraction of sp³-hybridized carbons (Fsp3) is 0.348. The number of likely N-dealkylation sites (tertiary alicyclic amines) is 1. The van der Waals surface area contributed by atoms with E-state index in [1.165, 1.54) is 16.9 Å². The third-order valence-electron chi connectivity index (χ3n) is 5.38. The lowest BCUT2D eigenvalue weighted by Gasteiger charge is -2.37. The summed E-state index contributed by atoms with van der Waals surface area (Å²) in [5, 5.41) is 10.3. The van der Waals surface area contributed by atoms with E-state index in [9.17, 15) is 4.79 Å². The second kappa shape index (κ2) is 9.29. The summed E-state index contributed by atoms with van der Waals surface area (Å²) in [5.41, 5.74) is 2.38. The third-order valence-corrected chi connectivity index (χ3v) is 6.36. The number of aromatic nitrogens is 2. The van der Waals surface area contributed by atoms with Crippen LogP contribution >= 0.6 is 11.3 Å². The van der Waals surface area contributed by atoms with Crippen molar-refractivity contribution in [1.29, 1.82) is 0 Å². The van der Waals surface area contributed by atoms with Crippen LogP contribution in [0.25, 0.3) is 10.6 Å². The van der Waals surface area contributed by atoms with Gasteiger partial charge in [0, 0.05) is 37.7 Å². The largest absolute Gasteiger partial charge is 0.299 e. The molecule has 150 valence electrons. The first-order chi connectivity index (χ1) is 14.2. The van der Waals surface area contributed by atoms with Crippen LogP contribution < -0.4 is 4.90 Å². The summed E-state index contributed by atoms with van der Waals surface area (Å²) in [6.07, 6.45) is 2.39. The lowest BCUT2D eigenvalue weighted by molar-refractivity contribution is -0.119. The van der Waals surface area contributed by atoms with Gasteiger partial charge < -0.3 is 0 Å². The molecule has 0 saturated carbocycles. The number of benzene rings is 2. The summed E-state index contributed by atoms with van der Waals surface area (Å²) in [4.78, 5) is 17.2. The van der Waals surface area contributed by atoms with Gasteiger partial charge in [0.05, 0.1) is 0 Å². The molecule has 6 heteroatoms. The predicted octanol–water partition coefficient (Wildman–Crippen LogP) is 4.61. The number of hydrogen-bond acceptors (Lipinski definition) is 5. The lowest BCUT2D eigenvalue weighted by Crippen LogP contribution is -2.47. The standard InChI is InChI=1S/C23H26N4OS/c1-2-21(28)27(23-25-24-22(29-23)19-11-7-4-8-12-19)20-13-15-26(16-14-20)17-18-9-5-3-6-10-18/h3-12,20H,2,13-17H2,1H3. The number of carbonyl (C=O) groups is 1. The Morgan fingerprint density at radius 3 is 2.34 bits per heavy atom. The van der Waals surface area contributed by atoms with Gasteiger partial charge in [-0.05, 0) is 18.4 Å². The Morgan fingerprint density at radius 2 is 1.69 bits per heavy atom. The summed E-state index contributed by atoms with van der Waals surface area (Å²) >= 11 is 1.50. The van der Waals surface area contributed by atoms with Crippen LogP contribution in [-0.2, 0) is 11.3 Å². The Hall–Kier alpha value is -2.57. The molecular formula is C23H26N4OS. The zero-order valence-electron chi connectivity index (χ0n) is 16.7. The van der Waals surface area contributed by atoms with Crippen LogP contribution in [0.1, 0.15) is 31.7 Å². The summed E-state index contributed by atoms with van der Waals surface area (Å²) in [6.45, 7) is 4.85. The van der Waals surface area contributed by atoms with Crippen LogP contribution in [-0.4, -0.2) is 40.1 Å². The molecule has 0 unspecified atom stereocenters. The van der Waals surface area contributed by atoms with Gasteiger partial charge >= 0.3 is 0 Å². The molecule has 4 rings (SSSR count). The van der Waals surface area contributed by atoms with Crippen molar-refractivity contribution in [3.05, 3.63) is 66.2 Å². The molecule has 1 amide bonds. The van der Waals surface area contributed by atoms with Crippen molar-refractivity contribution in [3.63, 3.8) is 0 Å². The van der Waals surface area contributed by atoms with E-state index in [-0.39, 0.29) is 11.9 Å². The highest BCUT2D eigenvalue weighted by Crippen LogP contribution is 2.32. The van der Waals surface area contributed by atoms with Crippen LogP contribution in [0.15, 0.2) is 60.7 Å². The quantitative estimate of drug-likeness (QED) is 0.600. The van der Waals surface area contributed by atoms with Crippen molar-refractivity contribution < 1.29 is 4.79 Å². The maximum absolute atomic E-state index is 12.8. The minimum Gasteiger partial charge on any atom is -0.299 e. The van der Waals surface area contributed by atoms with Gasteiger partial charge in [0.15, 0.2) is 0 Å². The molecule has 29 heavy (non-hydrogen) atoms. The van der Waals surface area contributed by atoms with Crippen molar-refractivity contribution in [2.45, 2.75) is 38.8 Å². The Morgan fingerprint density at radius 1 is 1.03 bits per heavy atom. The Kier molecular flexibility index (Phi) is 6.32. The molecule has 1 aliphatic heterocycles. The maximum atomic E-state index is 12.8. The van der Waals surface area contributed by atoms with E-state index in [0.29, 0.717) is 6.42 Å². The Balaban J connectivity index is 1.46. The lowest BCUT2D eigenvalue weighted by atomic mass is 10.0. The second-order valence-electron chi connectivity index (χ2n) is 7.37. The first kappa shape index (κ1) is 19.7. The minimum atomic E-state index is 0.127. The van der Waals surface area contributed by atoms with Gasteiger partial charge in [-0.2, -0.15) is 0 Å². The molecule has 0 bridgehead atoms. The molecule has 0 spiro atoms. The minimum absolute atomic E-state index is 0.127. The highest BCUT2D eigenvalue weighted by Gasteiger charge is 2.30. The van der Waals surface area contributed by atoms with Crippen LogP contribution in [0.4, 0.5) is 5.13 Å². The average molecular weight is 407 g/mol. The molecule has 2 heterocycles. The number of amides is 1. The molecule has 5 nitrogen and oxygen atoms in total. The van der Waals surface area contributed by atoms with E-state index >= 15 is 0 Å². The van der Waals surface area contributed by atoms with E-state index in [1.54, 1.807) is 0 Å². The van der Waals surface area contributed by atoms with E-state index in [1.807, 2.05) is 42.2 Å². The molecule has 1 saturated heterocycles. The molecule has 1 aromatic heterocycles. The van der Waals surface area contributed by atoms with E-state index in [4.69, 9.17) is 0 Å². The van der Waals surface area contributed by atoms with E-state index < -0.39 is 0 Å². The molecule has 0 N–H and O–H groups in total. The zero-order valence-corrected chi connectivity index (χ0v) is 17.5. The van der Waals surface area contributed by atoms with Crippen LogP contribution in [0.5, 0.6) is 0 Å². The van der Waals surface area contributed by atoms with E-state index in [0.717, 1.165) is 48.2 Å². The fourth-order valence-electron chi connectivity index (χ4n) is 3.82. The first-order valence-corrected chi connectivity index (χ1v) is 11.0. The normalized spacial score (nSPS) is 15.3. The number of rotatable bonds is 6. The highest BCUT2D eigenvalue weighted by molar-refractivity contribution is 7.18.